The summed E-state index contributed by atoms with van der Waals surface area (Å²) in [6.07, 6.45) is 0. The summed E-state index contributed by atoms with van der Waals surface area (Å²) in [5.74, 6) is 0. The molecule has 0 aliphatic carbocycles. The van der Waals surface area contributed by atoms with Crippen LogP contribution in [0.3, 0.4) is 0 Å². The lowest BCUT2D eigenvalue weighted by molar-refractivity contribution is 1.24. The summed E-state index contributed by atoms with van der Waals surface area (Å²) in [5, 5.41) is 0. The van der Waals surface area contributed by atoms with Gasteiger partial charge in [-0.05, 0) is 31.6 Å². The molecule has 0 amide bonds. The van der Waals surface area contributed by atoms with Crippen molar-refractivity contribution in [3.63, 3.8) is 0 Å². The number of rotatable bonds is 2. The van der Waals surface area contributed by atoms with Gasteiger partial charge in [0.15, 0.2) is 0 Å². The number of benzene rings is 2. The van der Waals surface area contributed by atoms with Crippen molar-refractivity contribution in [1.29, 1.82) is 0 Å². The van der Waals surface area contributed by atoms with E-state index in [1.165, 1.54) is 5.56 Å². The normalized spacial score (nSPS) is 10.7. The van der Waals surface area contributed by atoms with E-state index in [4.69, 9.17) is 9.97 Å². The SMILES string of the molecule is C=C(C)c1nc2ccccc2nc1-c1ccc(C)cc1. The Morgan fingerprint density at radius 1 is 0.900 bits per heavy atom. The molecule has 0 unspecified atom stereocenters. The van der Waals surface area contributed by atoms with Crippen LogP contribution in [-0.4, -0.2) is 9.97 Å². The summed E-state index contributed by atoms with van der Waals surface area (Å²) in [7, 11) is 0. The molecule has 0 aliphatic rings. The van der Waals surface area contributed by atoms with Gasteiger partial charge in [-0.3, -0.25) is 0 Å². The van der Waals surface area contributed by atoms with E-state index < -0.39 is 0 Å². The van der Waals surface area contributed by atoms with E-state index >= 15 is 0 Å². The van der Waals surface area contributed by atoms with E-state index in [1.54, 1.807) is 0 Å². The second-order valence-electron chi connectivity index (χ2n) is 5.06. The number of nitrogens with zero attached hydrogens (tertiary/aromatic N) is 2. The molecule has 0 spiro atoms. The standard InChI is InChI=1S/C18H16N2/c1-12(2)17-18(14-10-8-13(3)9-11-14)20-16-7-5-4-6-15(16)19-17/h4-11H,1H2,2-3H3. The van der Waals surface area contributed by atoms with Crippen molar-refractivity contribution < 1.29 is 0 Å². The zero-order valence-electron chi connectivity index (χ0n) is 11.7. The molecule has 1 heterocycles. The number of hydrogen-bond donors (Lipinski definition) is 0. The maximum atomic E-state index is 4.77. The van der Waals surface area contributed by atoms with E-state index in [0.29, 0.717) is 0 Å². The van der Waals surface area contributed by atoms with Crippen molar-refractivity contribution in [3.8, 4) is 11.3 Å². The van der Waals surface area contributed by atoms with Crippen molar-refractivity contribution in [2.75, 3.05) is 0 Å². The minimum absolute atomic E-state index is 0.868. The molecule has 0 atom stereocenters. The third-order valence-corrected chi connectivity index (χ3v) is 3.30. The lowest BCUT2D eigenvalue weighted by Crippen LogP contribution is -1.96. The first-order valence-electron chi connectivity index (χ1n) is 6.65. The minimum Gasteiger partial charge on any atom is -0.244 e. The number of para-hydroxylation sites is 2. The highest BCUT2D eigenvalue weighted by Gasteiger charge is 2.11. The van der Waals surface area contributed by atoms with Gasteiger partial charge in [-0.15, -0.1) is 0 Å². The molecular weight excluding hydrogens is 244 g/mol. The second kappa shape index (κ2) is 4.89. The third kappa shape index (κ3) is 2.21. The molecule has 0 fully saturated rings. The molecule has 2 aromatic carbocycles. The number of hydrogen-bond acceptors (Lipinski definition) is 2. The molecule has 0 bridgehead atoms. The van der Waals surface area contributed by atoms with Crippen LogP contribution in [-0.2, 0) is 0 Å². The van der Waals surface area contributed by atoms with E-state index in [1.807, 2.05) is 31.2 Å². The molecule has 3 aromatic rings. The average Bonchev–Trinajstić information content (AvgIpc) is 2.46. The lowest BCUT2D eigenvalue weighted by Gasteiger charge is -2.10. The largest absolute Gasteiger partial charge is 0.244 e. The molecule has 3 rings (SSSR count). The fraction of sp³-hybridized carbons (Fsp3) is 0.111. The maximum absolute atomic E-state index is 4.77. The number of aromatic nitrogens is 2. The van der Waals surface area contributed by atoms with Crippen LogP contribution in [0.5, 0.6) is 0 Å². The van der Waals surface area contributed by atoms with E-state index in [0.717, 1.165) is 33.6 Å². The fourth-order valence-electron chi connectivity index (χ4n) is 2.21. The molecule has 2 nitrogen and oxygen atoms in total. The molecule has 98 valence electrons. The van der Waals surface area contributed by atoms with Crippen LogP contribution in [0.1, 0.15) is 18.2 Å². The van der Waals surface area contributed by atoms with Crippen molar-refractivity contribution in [3.05, 3.63) is 66.4 Å². The van der Waals surface area contributed by atoms with Crippen LogP contribution in [0.25, 0.3) is 27.9 Å². The predicted octanol–water partition coefficient (Wildman–Crippen LogP) is 4.64. The molecule has 0 radical (unpaired) electrons. The van der Waals surface area contributed by atoms with Gasteiger partial charge in [-0.1, -0.05) is 48.5 Å². The number of allylic oxidation sites excluding steroid dienone is 1. The zero-order chi connectivity index (χ0) is 14.1. The summed E-state index contributed by atoms with van der Waals surface area (Å²) in [6, 6.07) is 16.3. The van der Waals surface area contributed by atoms with Gasteiger partial charge < -0.3 is 0 Å². The Hall–Kier alpha value is -2.48. The molecule has 0 N–H and O–H groups in total. The zero-order valence-corrected chi connectivity index (χ0v) is 11.7. The van der Waals surface area contributed by atoms with Crippen molar-refractivity contribution in [2.24, 2.45) is 0 Å². The summed E-state index contributed by atoms with van der Waals surface area (Å²) in [6.45, 7) is 8.08. The van der Waals surface area contributed by atoms with Gasteiger partial charge in [0.2, 0.25) is 0 Å². The van der Waals surface area contributed by atoms with Gasteiger partial charge in [0.25, 0.3) is 0 Å². The van der Waals surface area contributed by atoms with Gasteiger partial charge in [0.05, 0.1) is 22.4 Å². The smallest absolute Gasteiger partial charge is 0.0969 e. The minimum atomic E-state index is 0.868. The first-order chi connectivity index (χ1) is 9.65. The number of fused-ring (bicyclic) bond motifs is 1. The highest BCUT2D eigenvalue weighted by Crippen LogP contribution is 2.27. The third-order valence-electron chi connectivity index (χ3n) is 3.30. The fourth-order valence-corrected chi connectivity index (χ4v) is 2.21. The van der Waals surface area contributed by atoms with Crippen LogP contribution < -0.4 is 0 Å². The Balaban J connectivity index is 2.29. The molecule has 0 saturated heterocycles. The Kier molecular flexibility index (Phi) is 3.07. The Morgan fingerprint density at radius 2 is 1.50 bits per heavy atom. The second-order valence-corrected chi connectivity index (χ2v) is 5.06. The summed E-state index contributed by atoms with van der Waals surface area (Å²) >= 11 is 0. The van der Waals surface area contributed by atoms with Crippen molar-refractivity contribution in [1.82, 2.24) is 9.97 Å². The first kappa shape index (κ1) is 12.5. The Bertz CT molecular complexity index is 786. The lowest BCUT2D eigenvalue weighted by atomic mass is 10.0. The highest BCUT2D eigenvalue weighted by molar-refractivity contribution is 5.83. The molecular formula is C18H16N2. The number of aryl methyl sites for hydroxylation is 1. The van der Waals surface area contributed by atoms with Crippen LogP contribution in [0.15, 0.2) is 55.1 Å². The molecule has 2 heteroatoms. The van der Waals surface area contributed by atoms with Crippen molar-refractivity contribution >= 4 is 16.6 Å². The van der Waals surface area contributed by atoms with Crippen LogP contribution in [0.4, 0.5) is 0 Å². The predicted molar refractivity (Wildman–Crippen MR) is 84.4 cm³/mol. The Morgan fingerprint density at radius 3 is 2.10 bits per heavy atom. The average molecular weight is 260 g/mol. The van der Waals surface area contributed by atoms with Gasteiger partial charge in [0, 0.05) is 5.56 Å². The monoisotopic (exact) mass is 260 g/mol. The van der Waals surface area contributed by atoms with Gasteiger partial charge in [-0.2, -0.15) is 0 Å². The van der Waals surface area contributed by atoms with Gasteiger partial charge >= 0.3 is 0 Å². The topological polar surface area (TPSA) is 25.8 Å². The first-order valence-corrected chi connectivity index (χ1v) is 6.65. The van der Waals surface area contributed by atoms with Crippen LogP contribution in [0, 0.1) is 6.92 Å². The van der Waals surface area contributed by atoms with E-state index in [9.17, 15) is 0 Å². The quantitative estimate of drug-likeness (QED) is 0.671. The Labute approximate surface area is 118 Å². The van der Waals surface area contributed by atoms with E-state index in [2.05, 4.69) is 37.8 Å². The molecule has 1 aromatic heterocycles. The molecule has 0 aliphatic heterocycles. The van der Waals surface area contributed by atoms with Gasteiger partial charge in [-0.25, -0.2) is 9.97 Å². The summed E-state index contributed by atoms with van der Waals surface area (Å²) < 4.78 is 0. The van der Waals surface area contributed by atoms with Gasteiger partial charge in [0.1, 0.15) is 0 Å². The van der Waals surface area contributed by atoms with E-state index in [-0.39, 0.29) is 0 Å². The maximum Gasteiger partial charge on any atom is 0.0969 e. The highest BCUT2D eigenvalue weighted by atomic mass is 14.8. The summed E-state index contributed by atoms with van der Waals surface area (Å²) in [5.41, 5.74) is 6.82. The van der Waals surface area contributed by atoms with Crippen LogP contribution in [0.2, 0.25) is 0 Å². The van der Waals surface area contributed by atoms with Crippen molar-refractivity contribution in [2.45, 2.75) is 13.8 Å². The molecule has 20 heavy (non-hydrogen) atoms. The van der Waals surface area contributed by atoms with Crippen LogP contribution >= 0.6 is 0 Å². The molecule has 0 saturated carbocycles. The summed E-state index contributed by atoms with van der Waals surface area (Å²) in [4.78, 5) is 9.48.